The van der Waals surface area contributed by atoms with Crippen LogP contribution in [0.15, 0.2) is 0 Å². The highest BCUT2D eigenvalue weighted by molar-refractivity contribution is 5.17. The van der Waals surface area contributed by atoms with E-state index in [0.717, 1.165) is 12.8 Å². The average molecular weight is 198 g/mol. The highest BCUT2D eigenvalue weighted by Crippen LogP contribution is 2.70. The summed E-state index contributed by atoms with van der Waals surface area (Å²) in [6, 6.07) is 0. The van der Waals surface area contributed by atoms with E-state index >= 15 is 0 Å². The van der Waals surface area contributed by atoms with E-state index in [2.05, 4.69) is 20.8 Å². The number of fused-ring (bicyclic) bond motifs is 2. The number of aliphatic hydroxyl groups excluding tert-OH is 1. The van der Waals surface area contributed by atoms with Gasteiger partial charge in [-0.05, 0) is 37.0 Å². The first-order chi connectivity index (χ1) is 6.37. The molecule has 0 aromatic rings. The molecule has 0 spiro atoms. The maximum Gasteiger partial charge on any atom is 0.0730 e. The fraction of sp³-hybridized carbons (Fsp3) is 1.00. The Morgan fingerprint density at radius 2 is 1.93 bits per heavy atom. The Balaban J connectivity index is 2.35. The van der Waals surface area contributed by atoms with E-state index in [0.29, 0.717) is 12.3 Å². The molecule has 0 amide bonds. The van der Waals surface area contributed by atoms with Crippen LogP contribution in [0.4, 0.5) is 0 Å². The smallest absolute Gasteiger partial charge is 0.0730 e. The van der Waals surface area contributed by atoms with Gasteiger partial charge in [0.05, 0.1) is 5.60 Å². The van der Waals surface area contributed by atoms with Crippen LogP contribution in [0.2, 0.25) is 0 Å². The molecule has 2 N–H and O–H groups in total. The Kier molecular flexibility index (Phi) is 2.04. The molecule has 2 bridgehead atoms. The second kappa shape index (κ2) is 2.73. The summed E-state index contributed by atoms with van der Waals surface area (Å²) in [5.41, 5.74) is -0.377. The molecule has 3 atom stereocenters. The molecule has 14 heavy (non-hydrogen) atoms. The first-order valence-corrected chi connectivity index (χ1v) is 5.71. The summed E-state index contributed by atoms with van der Waals surface area (Å²) in [7, 11) is 0. The third-order valence-corrected chi connectivity index (χ3v) is 5.57. The van der Waals surface area contributed by atoms with Crippen LogP contribution in [-0.4, -0.2) is 22.4 Å². The highest BCUT2D eigenvalue weighted by atomic mass is 16.3. The number of rotatable bonds is 2. The fourth-order valence-electron chi connectivity index (χ4n) is 3.98. The number of hydrogen-bond donors (Lipinski definition) is 2. The van der Waals surface area contributed by atoms with Crippen molar-refractivity contribution in [2.24, 2.45) is 16.7 Å². The van der Waals surface area contributed by atoms with Gasteiger partial charge in [-0.25, -0.2) is 0 Å². The van der Waals surface area contributed by atoms with Crippen LogP contribution in [0.1, 0.15) is 46.5 Å². The zero-order valence-corrected chi connectivity index (χ0v) is 9.51. The Hall–Kier alpha value is -0.0800. The molecule has 2 nitrogen and oxygen atoms in total. The van der Waals surface area contributed by atoms with Crippen LogP contribution < -0.4 is 0 Å². The van der Waals surface area contributed by atoms with Crippen LogP contribution in [0.5, 0.6) is 0 Å². The van der Waals surface area contributed by atoms with Gasteiger partial charge in [0.1, 0.15) is 0 Å². The van der Waals surface area contributed by atoms with Gasteiger partial charge in [-0.15, -0.1) is 0 Å². The Morgan fingerprint density at radius 3 is 2.29 bits per heavy atom. The minimum Gasteiger partial charge on any atom is -0.396 e. The number of hydrogen-bond acceptors (Lipinski definition) is 2. The minimum absolute atomic E-state index is 0.00734. The number of aliphatic hydroxyl groups is 2. The first kappa shape index (κ1) is 10.4. The topological polar surface area (TPSA) is 40.5 Å². The van der Waals surface area contributed by atoms with Crippen molar-refractivity contribution in [3.05, 3.63) is 0 Å². The molecule has 0 unspecified atom stereocenters. The molecule has 82 valence electrons. The van der Waals surface area contributed by atoms with E-state index in [1.807, 2.05) is 0 Å². The van der Waals surface area contributed by atoms with Gasteiger partial charge in [0.15, 0.2) is 0 Å². The summed E-state index contributed by atoms with van der Waals surface area (Å²) in [6.45, 7) is 6.87. The minimum atomic E-state index is -0.617. The van der Waals surface area contributed by atoms with Crippen LogP contribution in [0.3, 0.4) is 0 Å². The van der Waals surface area contributed by atoms with Gasteiger partial charge in [0.2, 0.25) is 0 Å². The van der Waals surface area contributed by atoms with Crippen molar-refractivity contribution >= 4 is 0 Å². The van der Waals surface area contributed by atoms with Gasteiger partial charge in [-0.2, -0.15) is 0 Å². The van der Waals surface area contributed by atoms with Gasteiger partial charge in [-0.3, -0.25) is 0 Å². The van der Waals surface area contributed by atoms with Gasteiger partial charge in [-0.1, -0.05) is 20.8 Å². The fourth-order valence-corrected chi connectivity index (χ4v) is 3.98. The Labute approximate surface area is 86.3 Å². The molecule has 2 aliphatic carbocycles. The SMILES string of the molecule is CC1(C)[C@@H]2CC[C@@]1(C)[C@@](O)(CCO)C2. The van der Waals surface area contributed by atoms with E-state index in [-0.39, 0.29) is 17.4 Å². The molecular formula is C12H22O2. The lowest BCUT2D eigenvalue weighted by atomic mass is 9.63. The van der Waals surface area contributed by atoms with Crippen LogP contribution in [0, 0.1) is 16.7 Å². The van der Waals surface area contributed by atoms with Crippen molar-refractivity contribution in [3.63, 3.8) is 0 Å². The normalized spacial score (nSPS) is 49.9. The van der Waals surface area contributed by atoms with Crippen molar-refractivity contribution in [1.82, 2.24) is 0 Å². The third kappa shape index (κ3) is 0.938. The Morgan fingerprint density at radius 1 is 1.29 bits per heavy atom. The van der Waals surface area contributed by atoms with Crippen molar-refractivity contribution in [3.8, 4) is 0 Å². The molecule has 0 aromatic heterocycles. The zero-order valence-electron chi connectivity index (χ0n) is 9.51. The lowest BCUT2D eigenvalue weighted by Gasteiger charge is -2.45. The molecule has 0 saturated heterocycles. The average Bonchev–Trinajstić information content (AvgIpc) is 2.36. The molecule has 2 heteroatoms. The van der Waals surface area contributed by atoms with Gasteiger partial charge in [0, 0.05) is 12.0 Å². The summed E-state index contributed by atoms with van der Waals surface area (Å²) >= 11 is 0. The lowest BCUT2D eigenvalue weighted by Crippen LogP contribution is -2.47. The third-order valence-electron chi connectivity index (χ3n) is 5.57. The molecule has 0 aliphatic heterocycles. The van der Waals surface area contributed by atoms with Crippen molar-refractivity contribution in [1.29, 1.82) is 0 Å². The van der Waals surface area contributed by atoms with Gasteiger partial charge < -0.3 is 10.2 Å². The highest BCUT2D eigenvalue weighted by Gasteiger charge is 2.67. The van der Waals surface area contributed by atoms with Crippen molar-refractivity contribution < 1.29 is 10.2 Å². The first-order valence-electron chi connectivity index (χ1n) is 5.71. The summed E-state index contributed by atoms with van der Waals surface area (Å²) in [5.74, 6) is 0.643. The van der Waals surface area contributed by atoms with Gasteiger partial charge >= 0.3 is 0 Å². The Bertz CT molecular complexity index is 249. The maximum atomic E-state index is 10.6. The molecule has 2 aliphatic rings. The van der Waals surface area contributed by atoms with Crippen LogP contribution in [0.25, 0.3) is 0 Å². The molecular weight excluding hydrogens is 176 g/mol. The predicted octanol–water partition coefficient (Wildman–Crippen LogP) is 1.95. The van der Waals surface area contributed by atoms with E-state index < -0.39 is 5.60 Å². The lowest BCUT2D eigenvalue weighted by molar-refractivity contribution is -0.101. The quantitative estimate of drug-likeness (QED) is 0.712. The molecule has 2 saturated carbocycles. The second-order valence-corrected chi connectivity index (χ2v) is 6.00. The predicted molar refractivity (Wildman–Crippen MR) is 55.9 cm³/mol. The zero-order chi connectivity index (χ0) is 10.6. The molecule has 2 fully saturated rings. The van der Waals surface area contributed by atoms with E-state index in [4.69, 9.17) is 5.11 Å². The molecule has 0 heterocycles. The standard InChI is InChI=1S/C12H22O2/c1-10(2)9-4-5-11(10,3)12(14,8-9)6-7-13/h9,13-14H,4-8H2,1-3H3/t9-,11-,12-/m1/s1. The summed E-state index contributed by atoms with van der Waals surface area (Å²) < 4.78 is 0. The molecule has 0 aromatic carbocycles. The summed E-state index contributed by atoms with van der Waals surface area (Å²) in [4.78, 5) is 0. The van der Waals surface area contributed by atoms with E-state index in [1.165, 1.54) is 6.42 Å². The van der Waals surface area contributed by atoms with Crippen molar-refractivity contribution in [2.75, 3.05) is 6.61 Å². The monoisotopic (exact) mass is 198 g/mol. The van der Waals surface area contributed by atoms with Crippen molar-refractivity contribution in [2.45, 2.75) is 52.1 Å². The largest absolute Gasteiger partial charge is 0.396 e. The van der Waals surface area contributed by atoms with Gasteiger partial charge in [0.25, 0.3) is 0 Å². The van der Waals surface area contributed by atoms with E-state index in [9.17, 15) is 5.11 Å². The molecule has 0 radical (unpaired) electrons. The molecule has 2 rings (SSSR count). The summed E-state index contributed by atoms with van der Waals surface area (Å²) in [6.07, 6.45) is 3.79. The second-order valence-electron chi connectivity index (χ2n) is 6.00. The summed E-state index contributed by atoms with van der Waals surface area (Å²) in [5, 5.41) is 19.7. The van der Waals surface area contributed by atoms with E-state index in [1.54, 1.807) is 0 Å². The maximum absolute atomic E-state index is 10.6. The van der Waals surface area contributed by atoms with Crippen LogP contribution in [-0.2, 0) is 0 Å². The van der Waals surface area contributed by atoms with Crippen LogP contribution >= 0.6 is 0 Å².